The third-order valence-corrected chi connectivity index (χ3v) is 4.43. The van der Waals surface area contributed by atoms with Crippen LogP contribution in [-0.2, 0) is 5.54 Å². The van der Waals surface area contributed by atoms with Crippen LogP contribution >= 0.6 is 12.4 Å². The third-order valence-electron chi connectivity index (χ3n) is 4.43. The van der Waals surface area contributed by atoms with E-state index in [0.717, 1.165) is 5.56 Å². The lowest BCUT2D eigenvalue weighted by Crippen LogP contribution is -2.61. The van der Waals surface area contributed by atoms with E-state index >= 15 is 0 Å². The molecular weight excluding hydrogens is 342 g/mol. The molecule has 0 radical (unpaired) electrons. The quantitative estimate of drug-likeness (QED) is 0.766. The van der Waals surface area contributed by atoms with Gasteiger partial charge in [0.25, 0.3) is 5.91 Å². The number of amides is 1. The van der Waals surface area contributed by atoms with Crippen LogP contribution in [0.25, 0.3) is 0 Å². The Balaban J connectivity index is 0.00000225. The van der Waals surface area contributed by atoms with Gasteiger partial charge < -0.3 is 20.5 Å². The second-order valence-electron chi connectivity index (χ2n) is 5.84. The van der Waals surface area contributed by atoms with E-state index in [1.165, 1.54) is 6.20 Å². The molecule has 0 unspecified atom stereocenters. The fourth-order valence-corrected chi connectivity index (χ4v) is 3.08. The van der Waals surface area contributed by atoms with Crippen molar-refractivity contribution < 1.29 is 14.6 Å². The Kier molecular flexibility index (Phi) is 6.36. The SMILES string of the molecule is COc1ccnc(C(=O)N[C@@]2(c3ccccc3)CCNC[C@H]2O)c1.Cl. The van der Waals surface area contributed by atoms with Crippen LogP contribution in [0.5, 0.6) is 5.75 Å². The summed E-state index contributed by atoms with van der Waals surface area (Å²) in [4.78, 5) is 16.9. The van der Waals surface area contributed by atoms with Crippen molar-refractivity contribution in [3.63, 3.8) is 0 Å². The Morgan fingerprint density at radius 3 is 2.80 bits per heavy atom. The Labute approximate surface area is 153 Å². The lowest BCUT2D eigenvalue weighted by molar-refractivity contribution is 0.0288. The second-order valence-corrected chi connectivity index (χ2v) is 5.84. The maximum Gasteiger partial charge on any atom is 0.270 e. The summed E-state index contributed by atoms with van der Waals surface area (Å²) in [5.74, 6) is 0.230. The number of aromatic nitrogens is 1. The van der Waals surface area contributed by atoms with Crippen LogP contribution in [-0.4, -0.2) is 42.3 Å². The summed E-state index contributed by atoms with van der Waals surface area (Å²) in [6.07, 6.45) is 1.39. The van der Waals surface area contributed by atoms with Crippen LogP contribution < -0.4 is 15.4 Å². The van der Waals surface area contributed by atoms with Crippen molar-refractivity contribution in [3.05, 3.63) is 59.9 Å². The number of hydrogen-bond donors (Lipinski definition) is 3. The van der Waals surface area contributed by atoms with E-state index in [1.807, 2.05) is 30.3 Å². The molecule has 0 aliphatic carbocycles. The summed E-state index contributed by atoms with van der Waals surface area (Å²) in [5, 5.41) is 16.8. The van der Waals surface area contributed by atoms with Crippen LogP contribution in [0, 0.1) is 0 Å². The topological polar surface area (TPSA) is 83.5 Å². The molecule has 0 spiro atoms. The molecular formula is C18H22ClN3O3. The maximum absolute atomic E-state index is 12.7. The zero-order valence-electron chi connectivity index (χ0n) is 13.9. The smallest absolute Gasteiger partial charge is 0.270 e. The van der Waals surface area contributed by atoms with Crippen LogP contribution in [0.4, 0.5) is 0 Å². The molecule has 0 bridgehead atoms. The molecule has 2 atom stereocenters. The molecule has 6 nitrogen and oxygen atoms in total. The highest BCUT2D eigenvalue weighted by Crippen LogP contribution is 2.31. The first-order valence-electron chi connectivity index (χ1n) is 7.92. The summed E-state index contributed by atoms with van der Waals surface area (Å²) in [6.45, 7) is 1.12. The highest BCUT2D eigenvalue weighted by atomic mass is 35.5. The van der Waals surface area contributed by atoms with Crippen molar-refractivity contribution >= 4 is 18.3 Å². The normalized spacial score (nSPS) is 22.6. The van der Waals surface area contributed by atoms with Gasteiger partial charge in [-0.15, -0.1) is 12.4 Å². The average Bonchev–Trinajstić information content (AvgIpc) is 2.64. The molecule has 1 aliphatic rings. The third kappa shape index (κ3) is 3.92. The molecule has 3 N–H and O–H groups in total. The first-order chi connectivity index (χ1) is 11.7. The Morgan fingerprint density at radius 1 is 1.36 bits per heavy atom. The van der Waals surface area contributed by atoms with Crippen molar-refractivity contribution in [1.29, 1.82) is 0 Å². The molecule has 134 valence electrons. The van der Waals surface area contributed by atoms with Crippen molar-refractivity contribution in [2.75, 3.05) is 20.2 Å². The van der Waals surface area contributed by atoms with Crippen molar-refractivity contribution in [2.24, 2.45) is 0 Å². The molecule has 25 heavy (non-hydrogen) atoms. The summed E-state index contributed by atoms with van der Waals surface area (Å²) >= 11 is 0. The zero-order chi connectivity index (χ0) is 17.0. The Bertz CT molecular complexity index is 714. The summed E-state index contributed by atoms with van der Waals surface area (Å²) in [6, 6.07) is 12.8. The number of carbonyl (C=O) groups is 1. The van der Waals surface area contributed by atoms with E-state index < -0.39 is 11.6 Å². The maximum atomic E-state index is 12.7. The molecule has 1 fully saturated rings. The Hall–Kier alpha value is -2.15. The van der Waals surface area contributed by atoms with E-state index in [2.05, 4.69) is 15.6 Å². The molecule has 1 aliphatic heterocycles. The van der Waals surface area contributed by atoms with Gasteiger partial charge in [0.2, 0.25) is 0 Å². The number of benzene rings is 1. The minimum atomic E-state index is -0.839. The average molecular weight is 364 g/mol. The van der Waals surface area contributed by atoms with Gasteiger partial charge in [0.05, 0.1) is 18.8 Å². The van der Waals surface area contributed by atoms with Crippen molar-refractivity contribution in [3.8, 4) is 5.75 Å². The minimum absolute atomic E-state index is 0. The van der Waals surface area contributed by atoms with Gasteiger partial charge in [-0.25, -0.2) is 0 Å². The molecule has 1 aromatic carbocycles. The zero-order valence-corrected chi connectivity index (χ0v) is 14.8. The lowest BCUT2D eigenvalue weighted by atomic mass is 9.79. The predicted molar refractivity (Wildman–Crippen MR) is 97.1 cm³/mol. The fraction of sp³-hybridized carbons (Fsp3) is 0.333. The van der Waals surface area contributed by atoms with Gasteiger partial charge >= 0.3 is 0 Å². The van der Waals surface area contributed by atoms with Crippen molar-refractivity contribution in [2.45, 2.75) is 18.1 Å². The van der Waals surface area contributed by atoms with Gasteiger partial charge in [-0.05, 0) is 24.6 Å². The van der Waals surface area contributed by atoms with E-state index in [4.69, 9.17) is 4.74 Å². The first-order valence-corrected chi connectivity index (χ1v) is 7.92. The van der Waals surface area contributed by atoms with Gasteiger partial charge in [-0.2, -0.15) is 0 Å². The molecule has 1 saturated heterocycles. The number of aliphatic hydroxyl groups is 1. The molecule has 1 amide bonds. The number of piperidine rings is 1. The number of pyridine rings is 1. The van der Waals surface area contributed by atoms with E-state index in [0.29, 0.717) is 25.3 Å². The number of nitrogens with zero attached hydrogens (tertiary/aromatic N) is 1. The van der Waals surface area contributed by atoms with Gasteiger partial charge in [0, 0.05) is 18.8 Å². The van der Waals surface area contributed by atoms with Crippen LogP contribution in [0.3, 0.4) is 0 Å². The summed E-state index contributed by atoms with van der Waals surface area (Å²) in [7, 11) is 1.54. The number of carbonyl (C=O) groups excluding carboxylic acids is 1. The number of aliphatic hydroxyl groups excluding tert-OH is 1. The summed E-state index contributed by atoms with van der Waals surface area (Å²) < 4.78 is 5.15. The molecule has 0 saturated carbocycles. The monoisotopic (exact) mass is 363 g/mol. The first kappa shape index (κ1) is 19.2. The van der Waals surface area contributed by atoms with E-state index in [9.17, 15) is 9.90 Å². The van der Waals surface area contributed by atoms with Gasteiger partial charge in [0.1, 0.15) is 11.4 Å². The standard InChI is InChI=1S/C18H21N3O3.ClH/c1-24-14-7-9-20-15(11-14)17(23)21-18(8-10-19-12-16(18)22)13-5-3-2-4-6-13;/h2-7,9,11,16,19,22H,8,10,12H2,1H3,(H,21,23);1H/t16-,18-;/m1./s1. The Morgan fingerprint density at radius 2 is 2.12 bits per heavy atom. The second kappa shape index (κ2) is 8.29. The predicted octanol–water partition coefficient (Wildman–Crippen LogP) is 1.49. The number of rotatable bonds is 4. The molecule has 7 heteroatoms. The highest BCUT2D eigenvalue weighted by Gasteiger charge is 2.43. The van der Waals surface area contributed by atoms with E-state index in [1.54, 1.807) is 19.2 Å². The molecule has 1 aromatic heterocycles. The summed E-state index contributed by atoms with van der Waals surface area (Å²) in [5.41, 5.74) is 0.305. The van der Waals surface area contributed by atoms with Crippen LogP contribution in [0.2, 0.25) is 0 Å². The van der Waals surface area contributed by atoms with Crippen molar-refractivity contribution in [1.82, 2.24) is 15.6 Å². The fourth-order valence-electron chi connectivity index (χ4n) is 3.08. The number of hydrogen-bond acceptors (Lipinski definition) is 5. The van der Waals surface area contributed by atoms with Gasteiger partial charge in [0.15, 0.2) is 0 Å². The van der Waals surface area contributed by atoms with Crippen LogP contribution in [0.1, 0.15) is 22.5 Å². The van der Waals surface area contributed by atoms with E-state index in [-0.39, 0.29) is 24.0 Å². The number of nitrogens with one attached hydrogen (secondary N) is 2. The molecule has 3 rings (SSSR count). The number of methoxy groups -OCH3 is 1. The minimum Gasteiger partial charge on any atom is -0.497 e. The molecule has 2 aromatic rings. The van der Waals surface area contributed by atoms with Gasteiger partial charge in [-0.3, -0.25) is 9.78 Å². The van der Waals surface area contributed by atoms with Gasteiger partial charge in [-0.1, -0.05) is 30.3 Å². The molecule has 2 heterocycles. The lowest BCUT2D eigenvalue weighted by Gasteiger charge is -2.42. The highest BCUT2D eigenvalue weighted by molar-refractivity contribution is 5.93. The largest absolute Gasteiger partial charge is 0.497 e. The van der Waals surface area contributed by atoms with Crippen LogP contribution in [0.15, 0.2) is 48.7 Å². The number of ether oxygens (including phenoxy) is 1. The number of halogens is 1. The number of β-amino-alcohol motifs (C(OH)–C–C–N with tert-alkyl or cyclic N) is 1.